The Bertz CT molecular complexity index is 598. The number of rotatable bonds is 6. The normalized spacial score (nSPS) is 15.1. The number of amides is 1. The zero-order valence-electron chi connectivity index (χ0n) is 16.0. The first-order chi connectivity index (χ1) is 12.7. The number of nitrogens with zero attached hydrogens (tertiary/aromatic N) is 3. The van der Waals surface area contributed by atoms with Crippen molar-refractivity contribution in [2.24, 2.45) is 4.99 Å². The van der Waals surface area contributed by atoms with Crippen LogP contribution in [0.25, 0.3) is 0 Å². The zero-order valence-corrected chi connectivity index (χ0v) is 16.0. The first-order valence-electron chi connectivity index (χ1n) is 9.19. The fraction of sp³-hybridized carbons (Fsp3) is 0.579. The second kappa shape index (κ2) is 10.7. The second-order valence-corrected chi connectivity index (χ2v) is 6.10. The minimum atomic E-state index is -0.232. The summed E-state index contributed by atoms with van der Waals surface area (Å²) in [5.74, 6) is 0.883. The number of hydrogen-bond acceptors (Lipinski definition) is 4. The van der Waals surface area contributed by atoms with Gasteiger partial charge < -0.3 is 24.6 Å². The maximum Gasteiger partial charge on any atom is 0.409 e. The van der Waals surface area contributed by atoms with E-state index in [-0.39, 0.29) is 6.09 Å². The predicted octanol–water partition coefficient (Wildman–Crippen LogP) is 2.07. The Labute approximate surface area is 156 Å². The third-order valence-electron chi connectivity index (χ3n) is 4.15. The van der Waals surface area contributed by atoms with Crippen LogP contribution in [0, 0.1) is 0 Å². The molecule has 7 nitrogen and oxygen atoms in total. The maximum atomic E-state index is 11.8. The molecule has 0 atom stereocenters. The highest BCUT2D eigenvalue weighted by atomic mass is 16.6. The van der Waals surface area contributed by atoms with Crippen LogP contribution in [0.15, 0.2) is 29.3 Å². The Kier molecular flexibility index (Phi) is 8.21. The molecular formula is C19H30N4O3. The standard InChI is InChI=1S/C19H30N4O3/c1-4-20-18(21-14-16-7-6-8-17(13-16)15-25-3)22-9-11-23(12-10-22)19(24)26-5-2/h6-8,13H,4-5,9-12,14-15H2,1-3H3,(H,20,21). The maximum absolute atomic E-state index is 11.8. The van der Waals surface area contributed by atoms with Crippen LogP contribution in [0.5, 0.6) is 0 Å². The van der Waals surface area contributed by atoms with E-state index in [1.54, 1.807) is 12.0 Å². The first-order valence-corrected chi connectivity index (χ1v) is 9.19. The van der Waals surface area contributed by atoms with E-state index in [4.69, 9.17) is 14.5 Å². The number of carbonyl (C=O) groups is 1. The highest BCUT2D eigenvalue weighted by Gasteiger charge is 2.23. The van der Waals surface area contributed by atoms with E-state index in [1.165, 1.54) is 0 Å². The van der Waals surface area contributed by atoms with Crippen LogP contribution in [-0.4, -0.2) is 68.3 Å². The largest absolute Gasteiger partial charge is 0.450 e. The van der Waals surface area contributed by atoms with Gasteiger partial charge in [0.2, 0.25) is 0 Å². The van der Waals surface area contributed by atoms with Crippen molar-refractivity contribution in [1.82, 2.24) is 15.1 Å². The molecule has 0 radical (unpaired) electrons. The summed E-state index contributed by atoms with van der Waals surface area (Å²) in [7, 11) is 1.70. The van der Waals surface area contributed by atoms with E-state index >= 15 is 0 Å². The average molecular weight is 362 g/mol. The molecule has 26 heavy (non-hydrogen) atoms. The van der Waals surface area contributed by atoms with E-state index < -0.39 is 0 Å². The van der Waals surface area contributed by atoms with Gasteiger partial charge in [-0.3, -0.25) is 0 Å². The van der Waals surface area contributed by atoms with Crippen molar-refractivity contribution in [2.45, 2.75) is 27.0 Å². The number of ether oxygens (including phenoxy) is 2. The quantitative estimate of drug-likeness (QED) is 0.620. The molecule has 0 bridgehead atoms. The molecule has 0 aliphatic carbocycles. The van der Waals surface area contributed by atoms with Gasteiger partial charge in [0.1, 0.15) is 0 Å². The van der Waals surface area contributed by atoms with Gasteiger partial charge in [-0.1, -0.05) is 24.3 Å². The Balaban J connectivity index is 1.97. The van der Waals surface area contributed by atoms with Crippen LogP contribution in [0.4, 0.5) is 4.79 Å². The van der Waals surface area contributed by atoms with Crippen molar-refractivity contribution < 1.29 is 14.3 Å². The number of guanidine groups is 1. The Morgan fingerprint density at radius 2 is 1.85 bits per heavy atom. The van der Waals surface area contributed by atoms with Gasteiger partial charge in [0.15, 0.2) is 5.96 Å². The fourth-order valence-electron chi connectivity index (χ4n) is 2.89. The third kappa shape index (κ3) is 5.91. The number of nitrogens with one attached hydrogen (secondary N) is 1. The summed E-state index contributed by atoms with van der Waals surface area (Å²) in [5, 5.41) is 3.35. The molecule has 0 unspecified atom stereocenters. The molecule has 1 aliphatic heterocycles. The van der Waals surface area contributed by atoms with Gasteiger partial charge in [0.25, 0.3) is 0 Å². The summed E-state index contributed by atoms with van der Waals surface area (Å²) in [6.45, 7) is 9.09. The number of carbonyl (C=O) groups excluding carboxylic acids is 1. The summed E-state index contributed by atoms with van der Waals surface area (Å²) in [5.41, 5.74) is 2.30. The molecule has 1 aromatic rings. The van der Waals surface area contributed by atoms with Crippen molar-refractivity contribution in [2.75, 3.05) is 46.4 Å². The van der Waals surface area contributed by atoms with E-state index in [0.717, 1.165) is 36.7 Å². The minimum Gasteiger partial charge on any atom is -0.450 e. The minimum absolute atomic E-state index is 0.232. The Morgan fingerprint density at radius 1 is 1.15 bits per heavy atom. The van der Waals surface area contributed by atoms with Gasteiger partial charge in [-0.25, -0.2) is 9.79 Å². The molecule has 1 saturated heterocycles. The van der Waals surface area contributed by atoms with Crippen molar-refractivity contribution in [3.63, 3.8) is 0 Å². The van der Waals surface area contributed by atoms with Crippen LogP contribution in [-0.2, 0) is 22.6 Å². The molecule has 2 rings (SSSR count). The highest BCUT2D eigenvalue weighted by molar-refractivity contribution is 5.80. The molecule has 1 N–H and O–H groups in total. The van der Waals surface area contributed by atoms with Crippen molar-refractivity contribution in [3.8, 4) is 0 Å². The first kappa shape index (κ1) is 20.0. The smallest absolute Gasteiger partial charge is 0.409 e. The topological polar surface area (TPSA) is 66.4 Å². The molecule has 1 heterocycles. The van der Waals surface area contributed by atoms with Gasteiger partial charge in [0, 0.05) is 39.8 Å². The SMILES string of the molecule is CCNC(=NCc1cccc(COC)c1)N1CCN(C(=O)OCC)CC1. The molecule has 144 valence electrons. The van der Waals surface area contributed by atoms with Crippen LogP contribution in [0.3, 0.4) is 0 Å². The highest BCUT2D eigenvalue weighted by Crippen LogP contribution is 2.09. The van der Waals surface area contributed by atoms with Crippen LogP contribution in [0.1, 0.15) is 25.0 Å². The van der Waals surface area contributed by atoms with E-state index in [2.05, 4.69) is 35.3 Å². The molecule has 1 aliphatic rings. The number of benzene rings is 1. The predicted molar refractivity (Wildman–Crippen MR) is 102 cm³/mol. The van der Waals surface area contributed by atoms with Crippen molar-refractivity contribution in [3.05, 3.63) is 35.4 Å². The summed E-state index contributed by atoms with van der Waals surface area (Å²) in [6, 6.07) is 8.28. The lowest BCUT2D eigenvalue weighted by molar-refractivity contribution is 0.0914. The van der Waals surface area contributed by atoms with Crippen LogP contribution < -0.4 is 5.32 Å². The fourth-order valence-corrected chi connectivity index (χ4v) is 2.89. The van der Waals surface area contributed by atoms with Crippen LogP contribution >= 0.6 is 0 Å². The zero-order chi connectivity index (χ0) is 18.8. The lowest BCUT2D eigenvalue weighted by Gasteiger charge is -2.35. The van der Waals surface area contributed by atoms with Gasteiger partial charge in [0.05, 0.1) is 19.8 Å². The number of hydrogen-bond donors (Lipinski definition) is 1. The second-order valence-electron chi connectivity index (χ2n) is 6.10. The van der Waals surface area contributed by atoms with Crippen LogP contribution in [0.2, 0.25) is 0 Å². The molecule has 0 saturated carbocycles. The van der Waals surface area contributed by atoms with Gasteiger partial charge >= 0.3 is 6.09 Å². The summed E-state index contributed by atoms with van der Waals surface area (Å²) in [6.07, 6.45) is -0.232. The summed E-state index contributed by atoms with van der Waals surface area (Å²) < 4.78 is 10.3. The molecule has 0 aromatic heterocycles. The van der Waals surface area contributed by atoms with E-state index in [9.17, 15) is 4.79 Å². The number of aliphatic imine (C=N–C) groups is 1. The van der Waals surface area contributed by atoms with Crippen molar-refractivity contribution in [1.29, 1.82) is 0 Å². The summed E-state index contributed by atoms with van der Waals surface area (Å²) in [4.78, 5) is 20.5. The molecule has 1 aromatic carbocycles. The molecular weight excluding hydrogens is 332 g/mol. The molecule has 1 fully saturated rings. The Hall–Kier alpha value is -2.28. The molecule has 1 amide bonds. The van der Waals surface area contributed by atoms with E-state index in [1.807, 2.05) is 13.0 Å². The third-order valence-corrected chi connectivity index (χ3v) is 4.15. The number of methoxy groups -OCH3 is 1. The van der Waals surface area contributed by atoms with E-state index in [0.29, 0.717) is 32.8 Å². The average Bonchev–Trinajstić information content (AvgIpc) is 2.66. The van der Waals surface area contributed by atoms with Crippen molar-refractivity contribution >= 4 is 12.1 Å². The van der Waals surface area contributed by atoms with Gasteiger partial charge in [-0.15, -0.1) is 0 Å². The molecule has 7 heteroatoms. The molecule has 0 spiro atoms. The summed E-state index contributed by atoms with van der Waals surface area (Å²) >= 11 is 0. The van der Waals surface area contributed by atoms with Gasteiger partial charge in [-0.2, -0.15) is 0 Å². The van der Waals surface area contributed by atoms with Gasteiger partial charge in [-0.05, 0) is 25.0 Å². The monoisotopic (exact) mass is 362 g/mol. The Morgan fingerprint density at radius 3 is 2.50 bits per heavy atom. The lowest BCUT2D eigenvalue weighted by Crippen LogP contribution is -2.53. The number of piperazine rings is 1. The lowest BCUT2D eigenvalue weighted by atomic mass is 10.1.